The number of carbonyl (C=O) groups is 1. The lowest BCUT2D eigenvalue weighted by atomic mass is 10.2. The van der Waals surface area contributed by atoms with Gasteiger partial charge in [0.2, 0.25) is 11.8 Å². The fourth-order valence-corrected chi connectivity index (χ4v) is 2.71. The van der Waals surface area contributed by atoms with E-state index in [-0.39, 0.29) is 11.2 Å². The summed E-state index contributed by atoms with van der Waals surface area (Å²) in [6, 6.07) is 13.8. The fraction of sp³-hybridized carbons (Fsp3) is 0.294. The van der Waals surface area contributed by atoms with Crippen molar-refractivity contribution in [1.29, 1.82) is 0 Å². The first kappa shape index (κ1) is 16.4. The van der Waals surface area contributed by atoms with Gasteiger partial charge in [-0.3, -0.25) is 4.79 Å². The molecule has 0 saturated heterocycles. The van der Waals surface area contributed by atoms with E-state index in [4.69, 9.17) is 4.74 Å². The Morgan fingerprint density at radius 3 is 2.64 bits per heavy atom. The van der Waals surface area contributed by atoms with Gasteiger partial charge in [0.1, 0.15) is 0 Å². The number of nitrogens with one attached hydrogen (secondary N) is 1. The number of benzene rings is 1. The van der Waals surface area contributed by atoms with Crippen molar-refractivity contribution < 1.29 is 9.53 Å². The molecule has 0 unspecified atom stereocenters. The minimum atomic E-state index is -0.0913. The minimum absolute atomic E-state index is 0.0387. The molecule has 1 atom stereocenters. The number of rotatable bonds is 7. The number of methoxy groups -OCH3 is 1. The molecule has 0 radical (unpaired) electrons. The van der Waals surface area contributed by atoms with Crippen LogP contribution in [-0.4, -0.2) is 23.3 Å². The van der Waals surface area contributed by atoms with Crippen LogP contribution < -0.4 is 10.1 Å². The molecule has 1 amide bonds. The minimum Gasteiger partial charge on any atom is -0.481 e. The number of aromatic nitrogens is 1. The molecule has 0 aliphatic rings. The molecule has 22 heavy (non-hydrogen) atoms. The third-order valence-corrected chi connectivity index (χ3v) is 4.40. The van der Waals surface area contributed by atoms with Crippen LogP contribution in [0.3, 0.4) is 0 Å². The first-order valence-corrected chi connectivity index (χ1v) is 8.16. The third-order valence-electron chi connectivity index (χ3n) is 3.19. The highest BCUT2D eigenvalue weighted by atomic mass is 32.2. The molecule has 116 valence electrons. The Morgan fingerprint density at radius 2 is 2.00 bits per heavy atom. The van der Waals surface area contributed by atoms with Gasteiger partial charge in [-0.25, -0.2) is 4.98 Å². The molecule has 0 spiro atoms. The molecule has 0 bridgehead atoms. The van der Waals surface area contributed by atoms with Crippen molar-refractivity contribution in [2.45, 2.75) is 24.5 Å². The van der Waals surface area contributed by atoms with Crippen LogP contribution in [0.25, 0.3) is 0 Å². The monoisotopic (exact) mass is 316 g/mol. The summed E-state index contributed by atoms with van der Waals surface area (Å²) in [5, 5.41) is 2.84. The molecule has 0 aliphatic heterocycles. The van der Waals surface area contributed by atoms with E-state index in [0.717, 1.165) is 11.3 Å². The second-order valence-electron chi connectivity index (χ2n) is 4.87. The zero-order chi connectivity index (χ0) is 15.8. The Hall–Kier alpha value is -2.01. The molecular weight excluding hydrogens is 296 g/mol. The van der Waals surface area contributed by atoms with Gasteiger partial charge in [0.25, 0.3) is 0 Å². The smallest absolute Gasteiger partial charge is 0.233 e. The summed E-state index contributed by atoms with van der Waals surface area (Å²) in [6.45, 7) is 2.40. The number of thioether (sulfide) groups is 1. The topological polar surface area (TPSA) is 51.2 Å². The van der Waals surface area contributed by atoms with Crippen LogP contribution in [0.4, 0.5) is 0 Å². The molecule has 0 saturated carbocycles. The average molecular weight is 316 g/mol. The molecule has 0 fully saturated rings. The van der Waals surface area contributed by atoms with E-state index in [2.05, 4.69) is 22.4 Å². The van der Waals surface area contributed by atoms with Crippen molar-refractivity contribution in [3.05, 3.63) is 59.8 Å². The van der Waals surface area contributed by atoms with E-state index in [1.807, 2.05) is 31.2 Å². The van der Waals surface area contributed by atoms with Crippen molar-refractivity contribution in [2.75, 3.05) is 7.11 Å². The van der Waals surface area contributed by atoms with Crippen molar-refractivity contribution in [1.82, 2.24) is 10.3 Å². The number of hydrogen-bond acceptors (Lipinski definition) is 4. The summed E-state index contributed by atoms with van der Waals surface area (Å²) < 4.78 is 5.01. The molecule has 1 aromatic carbocycles. The van der Waals surface area contributed by atoms with Crippen molar-refractivity contribution >= 4 is 17.7 Å². The molecule has 2 aromatic rings. The number of carbonyl (C=O) groups excluding carboxylic acids is 1. The van der Waals surface area contributed by atoms with Crippen LogP contribution in [0.15, 0.2) is 48.7 Å². The average Bonchev–Trinajstić information content (AvgIpc) is 2.58. The maximum Gasteiger partial charge on any atom is 0.233 e. The van der Waals surface area contributed by atoms with Gasteiger partial charge in [0.05, 0.1) is 12.4 Å². The van der Waals surface area contributed by atoms with Gasteiger partial charge in [-0.2, -0.15) is 0 Å². The van der Waals surface area contributed by atoms with Crippen LogP contribution in [0.2, 0.25) is 0 Å². The zero-order valence-corrected chi connectivity index (χ0v) is 13.6. The van der Waals surface area contributed by atoms with Gasteiger partial charge in [-0.15, -0.1) is 11.8 Å². The number of pyridine rings is 1. The van der Waals surface area contributed by atoms with Gasteiger partial charge in [-0.05, 0) is 18.1 Å². The Labute approximate surface area is 135 Å². The van der Waals surface area contributed by atoms with Crippen LogP contribution in [0.5, 0.6) is 5.88 Å². The van der Waals surface area contributed by atoms with Crippen molar-refractivity contribution in [2.24, 2.45) is 0 Å². The number of nitrogens with zero attached hydrogens (tertiary/aromatic N) is 1. The number of amides is 1. The molecule has 1 N–H and O–H groups in total. The molecular formula is C17H20N2O2S. The highest BCUT2D eigenvalue weighted by Crippen LogP contribution is 2.17. The Bertz CT molecular complexity index is 587. The Balaban J connectivity index is 1.76. The summed E-state index contributed by atoms with van der Waals surface area (Å²) in [4.78, 5) is 16.2. The summed E-state index contributed by atoms with van der Waals surface area (Å²) in [6.07, 6.45) is 1.71. The molecule has 5 heteroatoms. The second-order valence-corrected chi connectivity index (χ2v) is 6.19. The quantitative estimate of drug-likeness (QED) is 0.853. The summed E-state index contributed by atoms with van der Waals surface area (Å²) in [7, 11) is 1.58. The van der Waals surface area contributed by atoms with Gasteiger partial charge >= 0.3 is 0 Å². The standard InChI is InChI=1S/C17H20N2O2S/c1-13(22-12-14-6-4-3-5-7-14)17(20)19-11-15-8-9-16(21-2)18-10-15/h3-10,13H,11-12H2,1-2H3,(H,19,20)/t13-/m0/s1. The lowest BCUT2D eigenvalue weighted by molar-refractivity contribution is -0.120. The van der Waals surface area contributed by atoms with Crippen molar-refractivity contribution in [3.8, 4) is 5.88 Å². The predicted molar refractivity (Wildman–Crippen MR) is 89.8 cm³/mol. The zero-order valence-electron chi connectivity index (χ0n) is 12.8. The summed E-state index contributed by atoms with van der Waals surface area (Å²) in [5.41, 5.74) is 2.18. The van der Waals surface area contributed by atoms with Gasteiger partial charge in [0, 0.05) is 24.6 Å². The van der Waals surface area contributed by atoms with Crippen molar-refractivity contribution in [3.63, 3.8) is 0 Å². The first-order valence-electron chi connectivity index (χ1n) is 7.11. The molecule has 2 rings (SSSR count). The van der Waals surface area contributed by atoms with Crippen LogP contribution in [-0.2, 0) is 17.1 Å². The molecule has 0 aliphatic carbocycles. The van der Waals surface area contributed by atoms with Gasteiger partial charge < -0.3 is 10.1 Å². The van der Waals surface area contributed by atoms with Crippen LogP contribution in [0.1, 0.15) is 18.1 Å². The molecule has 1 heterocycles. The Morgan fingerprint density at radius 1 is 1.23 bits per heavy atom. The van der Waals surface area contributed by atoms with Gasteiger partial charge in [0.15, 0.2) is 0 Å². The highest BCUT2D eigenvalue weighted by molar-refractivity contribution is 7.99. The fourth-order valence-electron chi connectivity index (χ4n) is 1.84. The first-order chi connectivity index (χ1) is 10.7. The highest BCUT2D eigenvalue weighted by Gasteiger charge is 2.13. The lowest BCUT2D eigenvalue weighted by Gasteiger charge is -2.12. The van der Waals surface area contributed by atoms with Crippen LogP contribution >= 0.6 is 11.8 Å². The molecule has 4 nitrogen and oxygen atoms in total. The second kappa shape index (κ2) is 8.44. The largest absolute Gasteiger partial charge is 0.481 e. The van der Waals surface area contributed by atoms with E-state index in [1.54, 1.807) is 31.1 Å². The van der Waals surface area contributed by atoms with E-state index < -0.39 is 0 Å². The maximum atomic E-state index is 12.1. The normalized spacial score (nSPS) is 11.7. The maximum absolute atomic E-state index is 12.1. The Kier molecular flexibility index (Phi) is 6.27. The van der Waals surface area contributed by atoms with Gasteiger partial charge in [-0.1, -0.05) is 36.4 Å². The summed E-state index contributed by atoms with van der Waals surface area (Å²) >= 11 is 1.63. The van der Waals surface area contributed by atoms with Crippen LogP contribution in [0, 0.1) is 0 Å². The number of ether oxygens (including phenoxy) is 1. The van der Waals surface area contributed by atoms with E-state index in [9.17, 15) is 4.79 Å². The SMILES string of the molecule is COc1ccc(CNC(=O)[C@H](C)SCc2ccccc2)cn1. The van der Waals surface area contributed by atoms with E-state index >= 15 is 0 Å². The van der Waals surface area contributed by atoms with E-state index in [0.29, 0.717) is 12.4 Å². The van der Waals surface area contributed by atoms with E-state index in [1.165, 1.54) is 5.56 Å². The summed E-state index contributed by atoms with van der Waals surface area (Å²) in [5.74, 6) is 1.44. The molecule has 1 aromatic heterocycles. The predicted octanol–water partition coefficient (Wildman–Crippen LogP) is 3.03. The third kappa shape index (κ3) is 5.07. The number of hydrogen-bond donors (Lipinski definition) is 1. The lowest BCUT2D eigenvalue weighted by Crippen LogP contribution is -2.30.